The first-order chi connectivity index (χ1) is 6.42. The molecule has 0 atom stereocenters. The monoisotopic (exact) mass is 236 g/mol. The summed E-state index contributed by atoms with van der Waals surface area (Å²) >= 11 is 1.05. The Morgan fingerprint density at radius 3 is 2.86 bits per heavy atom. The summed E-state index contributed by atoms with van der Waals surface area (Å²) in [5.74, 6) is -0.962. The van der Waals surface area contributed by atoms with E-state index in [0.717, 1.165) is 11.3 Å². The fourth-order valence-corrected chi connectivity index (χ4v) is 2.47. The van der Waals surface area contributed by atoms with Gasteiger partial charge in [-0.2, -0.15) is 0 Å². The van der Waals surface area contributed by atoms with E-state index in [9.17, 15) is 13.2 Å². The van der Waals surface area contributed by atoms with Crippen LogP contribution in [0.4, 0.5) is 0 Å². The van der Waals surface area contributed by atoms with Crippen LogP contribution >= 0.6 is 11.3 Å². The first-order valence-electron chi connectivity index (χ1n) is 3.45. The molecule has 0 aliphatic carbocycles. The minimum absolute atomic E-state index is 0.0937. The standard InChI is InChI=1S/C6H8N2O4S2/c1-12-6(9)4-2-13-5(8-4)3-14(7,10)11/h2H,3H2,1H3,(H2,7,10,11). The summed E-state index contributed by atoms with van der Waals surface area (Å²) < 4.78 is 25.8. The van der Waals surface area contributed by atoms with Crippen molar-refractivity contribution >= 4 is 27.3 Å². The van der Waals surface area contributed by atoms with Crippen molar-refractivity contribution in [3.8, 4) is 0 Å². The van der Waals surface area contributed by atoms with Crippen LogP contribution in [0.3, 0.4) is 0 Å². The molecule has 1 rings (SSSR count). The lowest BCUT2D eigenvalue weighted by Gasteiger charge is -1.92. The summed E-state index contributed by atoms with van der Waals surface area (Å²) in [5.41, 5.74) is 0.0937. The molecular weight excluding hydrogens is 228 g/mol. The Labute approximate surface area is 84.8 Å². The van der Waals surface area contributed by atoms with Crippen molar-refractivity contribution in [1.29, 1.82) is 0 Å². The van der Waals surface area contributed by atoms with Gasteiger partial charge in [0.05, 0.1) is 7.11 Å². The number of carbonyl (C=O) groups excluding carboxylic acids is 1. The molecule has 6 nitrogen and oxygen atoms in total. The second-order valence-corrected chi connectivity index (χ2v) is 4.98. The van der Waals surface area contributed by atoms with Gasteiger partial charge in [0.1, 0.15) is 10.8 Å². The quantitative estimate of drug-likeness (QED) is 0.727. The molecule has 1 aromatic heterocycles. The highest BCUT2D eigenvalue weighted by molar-refractivity contribution is 7.88. The molecule has 78 valence electrons. The van der Waals surface area contributed by atoms with E-state index in [1.165, 1.54) is 12.5 Å². The van der Waals surface area contributed by atoms with E-state index in [1.54, 1.807) is 0 Å². The van der Waals surface area contributed by atoms with Gasteiger partial charge in [-0.05, 0) is 0 Å². The molecule has 0 unspecified atom stereocenters. The number of thiazole rings is 1. The van der Waals surface area contributed by atoms with Gasteiger partial charge in [0.25, 0.3) is 0 Å². The van der Waals surface area contributed by atoms with E-state index in [4.69, 9.17) is 5.14 Å². The predicted molar refractivity (Wildman–Crippen MR) is 50.3 cm³/mol. The van der Waals surface area contributed by atoms with Gasteiger partial charge in [-0.25, -0.2) is 23.3 Å². The van der Waals surface area contributed by atoms with Crippen molar-refractivity contribution in [3.05, 3.63) is 16.1 Å². The van der Waals surface area contributed by atoms with Crippen molar-refractivity contribution in [2.75, 3.05) is 7.11 Å². The number of hydrogen-bond donors (Lipinski definition) is 1. The molecule has 0 fully saturated rings. The zero-order valence-corrected chi connectivity index (χ0v) is 8.89. The Morgan fingerprint density at radius 1 is 1.71 bits per heavy atom. The first-order valence-corrected chi connectivity index (χ1v) is 6.05. The number of esters is 1. The average molecular weight is 236 g/mol. The number of rotatable bonds is 3. The molecule has 0 bridgehead atoms. The third kappa shape index (κ3) is 3.05. The number of methoxy groups -OCH3 is 1. The number of primary sulfonamides is 1. The van der Waals surface area contributed by atoms with Gasteiger partial charge >= 0.3 is 5.97 Å². The molecule has 0 aliphatic rings. The van der Waals surface area contributed by atoms with E-state index in [-0.39, 0.29) is 16.5 Å². The molecule has 0 saturated carbocycles. The van der Waals surface area contributed by atoms with Gasteiger partial charge in [0.15, 0.2) is 5.69 Å². The Morgan fingerprint density at radius 2 is 2.36 bits per heavy atom. The molecule has 0 amide bonds. The van der Waals surface area contributed by atoms with Crippen molar-refractivity contribution < 1.29 is 17.9 Å². The maximum Gasteiger partial charge on any atom is 0.357 e. The Balaban J connectivity index is 2.84. The Kier molecular flexibility index (Phi) is 3.19. The number of sulfonamides is 1. The number of aromatic nitrogens is 1. The van der Waals surface area contributed by atoms with Gasteiger partial charge < -0.3 is 4.74 Å². The molecule has 0 radical (unpaired) electrons. The van der Waals surface area contributed by atoms with Gasteiger partial charge in [0.2, 0.25) is 10.0 Å². The highest BCUT2D eigenvalue weighted by atomic mass is 32.2. The van der Waals surface area contributed by atoms with E-state index in [0.29, 0.717) is 0 Å². The molecule has 1 heterocycles. The zero-order valence-electron chi connectivity index (χ0n) is 7.26. The molecule has 14 heavy (non-hydrogen) atoms. The van der Waals surface area contributed by atoms with Crippen LogP contribution in [0.15, 0.2) is 5.38 Å². The maximum absolute atomic E-state index is 10.9. The molecule has 8 heteroatoms. The summed E-state index contributed by atoms with van der Waals surface area (Å²) in [4.78, 5) is 14.7. The van der Waals surface area contributed by atoms with Crippen LogP contribution in [0.2, 0.25) is 0 Å². The number of nitrogens with zero attached hydrogens (tertiary/aromatic N) is 1. The summed E-state index contributed by atoms with van der Waals surface area (Å²) in [6.07, 6.45) is 0. The second kappa shape index (κ2) is 4.03. The van der Waals surface area contributed by atoms with E-state index in [1.807, 2.05) is 0 Å². The number of hydrogen-bond acceptors (Lipinski definition) is 6. The fourth-order valence-electron chi connectivity index (χ4n) is 0.748. The highest BCUT2D eigenvalue weighted by Gasteiger charge is 2.13. The van der Waals surface area contributed by atoms with Crippen LogP contribution < -0.4 is 5.14 Å². The number of carbonyl (C=O) groups is 1. The zero-order chi connectivity index (χ0) is 10.8. The van der Waals surface area contributed by atoms with Crippen LogP contribution in [0, 0.1) is 0 Å². The van der Waals surface area contributed by atoms with Crippen LogP contribution in [0.25, 0.3) is 0 Å². The van der Waals surface area contributed by atoms with Gasteiger partial charge in [-0.3, -0.25) is 0 Å². The minimum Gasteiger partial charge on any atom is -0.464 e. The first kappa shape index (κ1) is 11.1. The van der Waals surface area contributed by atoms with E-state index >= 15 is 0 Å². The van der Waals surface area contributed by atoms with Crippen molar-refractivity contribution in [2.45, 2.75) is 5.75 Å². The minimum atomic E-state index is -3.60. The lowest BCUT2D eigenvalue weighted by molar-refractivity contribution is 0.0594. The summed E-state index contributed by atoms with van der Waals surface area (Å²) in [6.45, 7) is 0. The van der Waals surface area contributed by atoms with Crippen LogP contribution in [0.1, 0.15) is 15.5 Å². The lowest BCUT2D eigenvalue weighted by atomic mass is 10.5. The summed E-state index contributed by atoms with van der Waals surface area (Å²) in [5, 5.41) is 6.50. The van der Waals surface area contributed by atoms with E-state index < -0.39 is 16.0 Å². The van der Waals surface area contributed by atoms with Crippen molar-refractivity contribution in [1.82, 2.24) is 4.98 Å². The van der Waals surface area contributed by atoms with Gasteiger partial charge in [0, 0.05) is 5.38 Å². The van der Waals surface area contributed by atoms with Gasteiger partial charge in [-0.1, -0.05) is 0 Å². The second-order valence-electron chi connectivity index (χ2n) is 2.43. The molecule has 0 spiro atoms. The fraction of sp³-hybridized carbons (Fsp3) is 0.333. The molecule has 0 saturated heterocycles. The third-order valence-corrected chi connectivity index (χ3v) is 2.98. The van der Waals surface area contributed by atoms with Crippen LogP contribution in [-0.4, -0.2) is 26.5 Å². The smallest absolute Gasteiger partial charge is 0.357 e. The highest BCUT2D eigenvalue weighted by Crippen LogP contribution is 2.12. The molecular formula is C6H8N2O4S2. The topological polar surface area (TPSA) is 99.4 Å². The van der Waals surface area contributed by atoms with Gasteiger partial charge in [-0.15, -0.1) is 11.3 Å². The van der Waals surface area contributed by atoms with Crippen LogP contribution in [-0.2, 0) is 20.5 Å². The summed E-state index contributed by atoms with van der Waals surface area (Å²) in [7, 11) is -2.38. The van der Waals surface area contributed by atoms with Crippen molar-refractivity contribution in [2.24, 2.45) is 5.14 Å². The third-order valence-electron chi connectivity index (χ3n) is 1.27. The number of ether oxygens (including phenoxy) is 1. The average Bonchev–Trinajstić information content (AvgIpc) is 2.48. The normalized spacial score (nSPS) is 11.3. The lowest BCUT2D eigenvalue weighted by Crippen LogP contribution is -2.14. The largest absolute Gasteiger partial charge is 0.464 e. The maximum atomic E-state index is 10.9. The molecule has 0 aromatic carbocycles. The number of nitrogens with two attached hydrogens (primary N) is 1. The van der Waals surface area contributed by atoms with Crippen molar-refractivity contribution in [3.63, 3.8) is 0 Å². The summed E-state index contributed by atoms with van der Waals surface area (Å²) in [6, 6.07) is 0. The van der Waals surface area contributed by atoms with Crippen LogP contribution in [0.5, 0.6) is 0 Å². The molecule has 1 aromatic rings. The Hall–Kier alpha value is -0.990. The van der Waals surface area contributed by atoms with E-state index in [2.05, 4.69) is 9.72 Å². The Bertz CT molecular complexity index is 436. The predicted octanol–water partition coefficient (Wildman–Crippen LogP) is -0.282. The molecule has 2 N–H and O–H groups in total. The molecule has 0 aliphatic heterocycles. The SMILES string of the molecule is COC(=O)c1csc(CS(N)(=O)=O)n1.